The summed E-state index contributed by atoms with van der Waals surface area (Å²) < 4.78 is 46.7. The Hall–Kier alpha value is -5.08. The number of methoxy groups -OCH3 is 1. The largest absolute Gasteiger partial charge is 0.497 e. The summed E-state index contributed by atoms with van der Waals surface area (Å²) in [6.45, 7) is 1.06. The van der Waals surface area contributed by atoms with Crippen LogP contribution in [0.5, 0.6) is 5.75 Å². The van der Waals surface area contributed by atoms with E-state index in [2.05, 4.69) is 9.71 Å². The van der Waals surface area contributed by atoms with E-state index in [1.54, 1.807) is 41.8 Å². The average molecular weight is 660 g/mol. The van der Waals surface area contributed by atoms with Crippen molar-refractivity contribution in [1.29, 1.82) is 0 Å². The standard InChI is InChI=1S/C33H33N5O8S/c1-5-33(46-29(39)17-34-28(36-47(42,43)37(2)3)14-20-10-12-23(44-4)13-11-20)25-16-27-30-22(15-21-8-6-7-9-26(21)35-30)18-38(27)31(40)24(25)19-45-32(33)41/h6-13,15-16H,5,14,17-19H2,1-4H3,(H,34,36)/t33-/m0/s1. The van der Waals surface area contributed by atoms with Gasteiger partial charge in [-0.15, -0.1) is 0 Å². The van der Waals surface area contributed by atoms with Crippen LogP contribution in [0.2, 0.25) is 0 Å². The molecule has 0 saturated heterocycles. The lowest BCUT2D eigenvalue weighted by Crippen LogP contribution is -2.48. The second-order valence-electron chi connectivity index (χ2n) is 11.4. The van der Waals surface area contributed by atoms with Gasteiger partial charge in [-0.05, 0) is 42.3 Å². The Balaban J connectivity index is 1.33. The number of hydrogen-bond donors (Lipinski definition) is 1. The monoisotopic (exact) mass is 659 g/mol. The number of para-hydroxylation sites is 1. The molecule has 6 rings (SSSR count). The second kappa shape index (κ2) is 12.3. The van der Waals surface area contributed by atoms with Gasteiger partial charge in [0.15, 0.2) is 0 Å². The summed E-state index contributed by atoms with van der Waals surface area (Å²) in [6, 6.07) is 18.2. The Morgan fingerprint density at radius 2 is 1.87 bits per heavy atom. The highest BCUT2D eigenvalue weighted by Gasteiger charge is 2.50. The lowest BCUT2D eigenvalue weighted by Gasteiger charge is -2.35. The molecule has 1 atom stereocenters. The van der Waals surface area contributed by atoms with Crippen LogP contribution in [-0.2, 0) is 54.4 Å². The molecular formula is C33H33N5O8S. The minimum absolute atomic E-state index is 0.0241. The Bertz CT molecular complexity index is 2110. The molecule has 4 heterocycles. The molecule has 1 N–H and O–H groups in total. The molecule has 4 aromatic rings. The minimum atomic E-state index is -3.96. The summed E-state index contributed by atoms with van der Waals surface area (Å²) in [5.41, 5.74) is 1.59. The number of esters is 2. The van der Waals surface area contributed by atoms with E-state index in [0.717, 1.165) is 20.8 Å². The van der Waals surface area contributed by atoms with E-state index in [-0.39, 0.29) is 42.0 Å². The van der Waals surface area contributed by atoms with Gasteiger partial charge in [-0.25, -0.2) is 14.6 Å². The van der Waals surface area contributed by atoms with Gasteiger partial charge in [0.2, 0.25) is 5.60 Å². The number of cyclic esters (lactones) is 1. The van der Waals surface area contributed by atoms with Gasteiger partial charge in [0.1, 0.15) is 24.7 Å². The van der Waals surface area contributed by atoms with Crippen LogP contribution in [0.3, 0.4) is 0 Å². The summed E-state index contributed by atoms with van der Waals surface area (Å²) in [7, 11) is 0.282. The van der Waals surface area contributed by atoms with Crippen molar-refractivity contribution < 1.29 is 32.2 Å². The maximum absolute atomic E-state index is 13.8. The Morgan fingerprint density at radius 3 is 2.57 bits per heavy atom. The first kappa shape index (κ1) is 31.9. The number of fused-ring (bicyclic) bond motifs is 5. The molecule has 0 fully saturated rings. The van der Waals surface area contributed by atoms with Crippen LogP contribution < -0.4 is 15.0 Å². The molecule has 0 unspecified atom stereocenters. The van der Waals surface area contributed by atoms with E-state index in [1.165, 1.54) is 21.2 Å². The third-order valence-electron chi connectivity index (χ3n) is 8.33. The number of benzene rings is 2. The number of nitrogens with zero attached hydrogens (tertiary/aromatic N) is 4. The van der Waals surface area contributed by atoms with Crippen LogP contribution in [0.1, 0.15) is 35.6 Å². The number of rotatable bonds is 9. The molecule has 0 radical (unpaired) electrons. The fourth-order valence-corrected chi connectivity index (χ4v) is 6.39. The van der Waals surface area contributed by atoms with Crippen molar-refractivity contribution >= 4 is 38.9 Å². The summed E-state index contributed by atoms with van der Waals surface area (Å²) in [5, 5.41) is 0.937. The van der Waals surface area contributed by atoms with Crippen molar-refractivity contribution in [2.45, 2.75) is 38.5 Å². The molecule has 0 aliphatic carbocycles. The van der Waals surface area contributed by atoms with E-state index in [0.29, 0.717) is 29.2 Å². The molecule has 0 spiro atoms. The molecule has 2 aliphatic heterocycles. The quantitative estimate of drug-likeness (QED) is 0.143. The van der Waals surface area contributed by atoms with E-state index in [1.807, 2.05) is 30.3 Å². The minimum Gasteiger partial charge on any atom is -0.497 e. The lowest BCUT2D eigenvalue weighted by atomic mass is 9.85. The highest BCUT2D eigenvalue weighted by molar-refractivity contribution is 7.87. The van der Waals surface area contributed by atoms with Crippen molar-refractivity contribution in [3.05, 3.63) is 93.3 Å². The zero-order valence-electron chi connectivity index (χ0n) is 26.3. The van der Waals surface area contributed by atoms with Crippen LogP contribution in [0.25, 0.3) is 22.3 Å². The molecule has 2 aromatic heterocycles. The number of nitrogens with one attached hydrogen (secondary N) is 1. The van der Waals surface area contributed by atoms with E-state index in [9.17, 15) is 22.8 Å². The third kappa shape index (κ3) is 5.85. The SMILES string of the molecule is CC[C@@]1(OC(=O)CN=C(Cc2ccc(OC)cc2)NS(=O)(=O)N(C)C)C(=O)OCc2c1cc1n(c2=O)Cc2cc3ccccc3nc2-1. The van der Waals surface area contributed by atoms with Crippen molar-refractivity contribution in [3.63, 3.8) is 0 Å². The number of amidine groups is 1. The molecule has 2 aliphatic rings. The predicted octanol–water partition coefficient (Wildman–Crippen LogP) is 2.68. The van der Waals surface area contributed by atoms with Gasteiger partial charge in [-0.2, -0.15) is 12.7 Å². The molecule has 0 bridgehead atoms. The Kier molecular flexibility index (Phi) is 8.32. The van der Waals surface area contributed by atoms with Crippen molar-refractivity contribution in [2.75, 3.05) is 27.7 Å². The first-order chi connectivity index (χ1) is 22.5. The molecule has 244 valence electrons. The number of pyridine rings is 2. The number of carbonyl (C=O) groups excluding carboxylic acids is 2. The van der Waals surface area contributed by atoms with Gasteiger partial charge < -0.3 is 18.8 Å². The highest BCUT2D eigenvalue weighted by Crippen LogP contribution is 2.41. The molecule has 13 nitrogen and oxygen atoms in total. The van der Waals surface area contributed by atoms with Crippen molar-refractivity contribution in [3.8, 4) is 17.1 Å². The fourth-order valence-electron chi connectivity index (χ4n) is 5.77. The summed E-state index contributed by atoms with van der Waals surface area (Å²) in [4.78, 5) is 49.6. The molecule has 0 amide bonds. The van der Waals surface area contributed by atoms with Crippen LogP contribution >= 0.6 is 0 Å². The number of aliphatic imine (C=N–C) groups is 1. The van der Waals surface area contributed by atoms with Crippen molar-refractivity contribution in [2.24, 2.45) is 4.99 Å². The lowest BCUT2D eigenvalue weighted by molar-refractivity contribution is -0.188. The third-order valence-corrected chi connectivity index (χ3v) is 9.78. The van der Waals surface area contributed by atoms with Gasteiger partial charge in [-0.1, -0.05) is 37.3 Å². The van der Waals surface area contributed by atoms with E-state index < -0.39 is 34.3 Å². The highest BCUT2D eigenvalue weighted by atomic mass is 32.2. The fraction of sp³-hybridized carbons (Fsp3) is 0.303. The molecule has 0 saturated carbocycles. The first-order valence-electron chi connectivity index (χ1n) is 14.9. The molecule has 14 heteroatoms. The van der Waals surface area contributed by atoms with Gasteiger partial charge >= 0.3 is 22.1 Å². The summed E-state index contributed by atoms with van der Waals surface area (Å²) >= 11 is 0. The molecule has 2 aromatic carbocycles. The molecule has 47 heavy (non-hydrogen) atoms. The van der Waals surface area contributed by atoms with Gasteiger partial charge in [0, 0.05) is 37.0 Å². The van der Waals surface area contributed by atoms with Crippen molar-refractivity contribution in [1.82, 2.24) is 18.6 Å². The maximum atomic E-state index is 13.8. The number of carbonyl (C=O) groups is 2. The summed E-state index contributed by atoms with van der Waals surface area (Å²) in [6.07, 6.45) is 0.0132. The number of hydrogen-bond acceptors (Lipinski definition) is 10. The number of aromatic nitrogens is 2. The first-order valence-corrected chi connectivity index (χ1v) is 16.3. The summed E-state index contributed by atoms with van der Waals surface area (Å²) in [5.74, 6) is -1.14. The topological polar surface area (TPSA) is 158 Å². The van der Waals surface area contributed by atoms with Crippen LogP contribution in [0.4, 0.5) is 0 Å². The zero-order valence-corrected chi connectivity index (χ0v) is 27.1. The number of ether oxygens (including phenoxy) is 3. The van der Waals surface area contributed by atoms with Crippen LogP contribution in [0, 0.1) is 0 Å². The van der Waals surface area contributed by atoms with Gasteiger partial charge in [0.25, 0.3) is 5.56 Å². The van der Waals surface area contributed by atoms with Crippen LogP contribution in [-0.4, -0.2) is 67.8 Å². The normalized spacial score (nSPS) is 17.1. The smallest absolute Gasteiger partial charge is 0.355 e. The van der Waals surface area contributed by atoms with Crippen LogP contribution in [0.15, 0.2) is 70.5 Å². The Labute approximate surface area is 271 Å². The van der Waals surface area contributed by atoms with E-state index >= 15 is 0 Å². The zero-order chi connectivity index (χ0) is 33.5. The van der Waals surface area contributed by atoms with E-state index in [4.69, 9.17) is 19.2 Å². The second-order valence-corrected chi connectivity index (χ2v) is 13.3. The maximum Gasteiger partial charge on any atom is 0.355 e. The predicted molar refractivity (Wildman–Crippen MR) is 173 cm³/mol. The average Bonchev–Trinajstić information content (AvgIpc) is 3.41. The van der Waals surface area contributed by atoms with Gasteiger partial charge in [0.05, 0.1) is 36.1 Å². The van der Waals surface area contributed by atoms with Gasteiger partial charge in [-0.3, -0.25) is 14.5 Å². The molecular weight excluding hydrogens is 626 g/mol. The Morgan fingerprint density at radius 1 is 1.13 bits per heavy atom.